The largest absolute Gasteiger partial charge is 0.222 e. The summed E-state index contributed by atoms with van der Waals surface area (Å²) in [6, 6.07) is 8.13. The summed E-state index contributed by atoms with van der Waals surface area (Å²) in [7, 11) is 0. The van der Waals surface area contributed by atoms with E-state index in [4.69, 9.17) is 0 Å². The Kier molecular flexibility index (Phi) is 3.18. The molecule has 5 rings (SSSR count). The Balaban J connectivity index is 1.68. The lowest BCUT2D eigenvalue weighted by Crippen LogP contribution is -2.05. The quantitative estimate of drug-likeness (QED) is 0.555. The molecule has 0 N–H and O–H groups in total. The zero-order valence-corrected chi connectivity index (χ0v) is 14.8. The Morgan fingerprint density at radius 3 is 2.72 bits per heavy atom. The van der Waals surface area contributed by atoms with Crippen LogP contribution in [0, 0.1) is 13.8 Å². The molecule has 0 amide bonds. The van der Waals surface area contributed by atoms with Gasteiger partial charge in [0.2, 0.25) is 5.82 Å². The lowest BCUT2D eigenvalue weighted by Gasteiger charge is -2.03. The van der Waals surface area contributed by atoms with Gasteiger partial charge in [-0.2, -0.15) is 0 Å². The maximum atomic E-state index is 4.64. The molecule has 6 nitrogen and oxygen atoms in total. The van der Waals surface area contributed by atoms with E-state index in [9.17, 15) is 0 Å². The van der Waals surface area contributed by atoms with E-state index >= 15 is 0 Å². The normalized spacial score (nSPS) is 13.5. The molecule has 0 saturated heterocycles. The third kappa shape index (κ3) is 2.34. The van der Waals surface area contributed by atoms with Gasteiger partial charge in [0, 0.05) is 10.4 Å². The van der Waals surface area contributed by atoms with Crippen molar-refractivity contribution in [3.63, 3.8) is 0 Å². The van der Waals surface area contributed by atoms with E-state index < -0.39 is 0 Å². The maximum Gasteiger partial charge on any atom is 0.205 e. The van der Waals surface area contributed by atoms with Gasteiger partial charge in [-0.25, -0.2) is 9.97 Å². The molecule has 1 aliphatic rings. The van der Waals surface area contributed by atoms with Crippen molar-refractivity contribution in [1.29, 1.82) is 0 Å². The van der Waals surface area contributed by atoms with Crippen molar-refractivity contribution in [1.82, 2.24) is 30.2 Å². The van der Waals surface area contributed by atoms with Crippen molar-refractivity contribution in [2.45, 2.75) is 33.1 Å². The molecule has 124 valence electrons. The second kappa shape index (κ2) is 5.42. The standard InChI is InChI=1S/C18H16N6S/c1-10-6-8-12(9-7-10)16-21-23-24(22-16)17-15-13-4-3-5-14(13)25-18(15)20-11(2)19-17/h6-9H,3-5H2,1-2H3. The van der Waals surface area contributed by atoms with Crippen LogP contribution in [0.2, 0.25) is 0 Å². The van der Waals surface area contributed by atoms with Crippen molar-refractivity contribution in [2.75, 3.05) is 0 Å². The first-order valence-corrected chi connectivity index (χ1v) is 9.17. The van der Waals surface area contributed by atoms with Crippen molar-refractivity contribution >= 4 is 21.6 Å². The van der Waals surface area contributed by atoms with Crippen molar-refractivity contribution in [2.24, 2.45) is 0 Å². The van der Waals surface area contributed by atoms with Crippen LogP contribution >= 0.6 is 11.3 Å². The van der Waals surface area contributed by atoms with Gasteiger partial charge in [-0.15, -0.1) is 26.3 Å². The third-order valence-electron chi connectivity index (χ3n) is 4.57. The smallest absolute Gasteiger partial charge is 0.205 e. The first-order chi connectivity index (χ1) is 12.2. The summed E-state index contributed by atoms with van der Waals surface area (Å²) >= 11 is 1.77. The van der Waals surface area contributed by atoms with E-state index in [0.717, 1.165) is 40.3 Å². The Morgan fingerprint density at radius 1 is 1.04 bits per heavy atom. The van der Waals surface area contributed by atoms with E-state index in [-0.39, 0.29) is 0 Å². The number of tetrazole rings is 1. The van der Waals surface area contributed by atoms with Gasteiger partial charge in [-0.3, -0.25) is 0 Å². The predicted octanol–water partition coefficient (Wildman–Crippen LogP) is 3.44. The highest BCUT2D eigenvalue weighted by atomic mass is 32.1. The van der Waals surface area contributed by atoms with E-state index in [1.165, 1.54) is 22.4 Å². The molecule has 0 spiro atoms. The Hall–Kier alpha value is -2.67. The van der Waals surface area contributed by atoms with Gasteiger partial charge in [-0.1, -0.05) is 29.8 Å². The summed E-state index contributed by atoms with van der Waals surface area (Å²) in [6.45, 7) is 3.97. The molecule has 1 aliphatic carbocycles. The molecule has 0 unspecified atom stereocenters. The number of thiophene rings is 1. The molecule has 3 aromatic heterocycles. The minimum atomic E-state index is 0.608. The lowest BCUT2D eigenvalue weighted by molar-refractivity contribution is 0.701. The van der Waals surface area contributed by atoms with E-state index in [0.29, 0.717) is 5.82 Å². The molecule has 4 aromatic rings. The number of fused-ring (bicyclic) bond motifs is 3. The first-order valence-electron chi connectivity index (χ1n) is 8.35. The van der Waals surface area contributed by atoms with Crippen LogP contribution in [0.25, 0.3) is 27.4 Å². The van der Waals surface area contributed by atoms with Crippen LogP contribution in [-0.2, 0) is 12.8 Å². The number of nitrogens with zero attached hydrogens (tertiary/aromatic N) is 6. The molecule has 7 heteroatoms. The third-order valence-corrected chi connectivity index (χ3v) is 5.76. The van der Waals surface area contributed by atoms with Gasteiger partial charge in [0.1, 0.15) is 10.7 Å². The molecule has 0 atom stereocenters. The number of hydrogen-bond acceptors (Lipinski definition) is 6. The summed E-state index contributed by atoms with van der Waals surface area (Å²) in [5.41, 5.74) is 3.52. The minimum absolute atomic E-state index is 0.608. The number of aryl methyl sites for hydroxylation is 4. The number of aromatic nitrogens is 6. The second-order valence-electron chi connectivity index (χ2n) is 6.40. The minimum Gasteiger partial charge on any atom is -0.222 e. The number of rotatable bonds is 2. The zero-order valence-electron chi connectivity index (χ0n) is 14.0. The molecule has 1 aromatic carbocycles. The molecular weight excluding hydrogens is 332 g/mol. The van der Waals surface area contributed by atoms with Crippen LogP contribution in [0.3, 0.4) is 0 Å². The molecule has 0 aliphatic heterocycles. The van der Waals surface area contributed by atoms with Gasteiger partial charge < -0.3 is 0 Å². The van der Waals surface area contributed by atoms with Crippen LogP contribution in [0.4, 0.5) is 0 Å². The van der Waals surface area contributed by atoms with Crippen molar-refractivity contribution in [3.05, 3.63) is 46.1 Å². The van der Waals surface area contributed by atoms with Crippen LogP contribution in [0.15, 0.2) is 24.3 Å². The fourth-order valence-corrected chi connectivity index (χ4v) is 4.65. The number of hydrogen-bond donors (Lipinski definition) is 0. The number of benzene rings is 1. The summed E-state index contributed by atoms with van der Waals surface area (Å²) in [6.07, 6.45) is 3.41. The molecule has 0 radical (unpaired) electrons. The van der Waals surface area contributed by atoms with E-state index in [2.05, 4.69) is 44.4 Å². The summed E-state index contributed by atoms with van der Waals surface area (Å²) < 4.78 is 0. The lowest BCUT2D eigenvalue weighted by atomic mass is 10.1. The van der Waals surface area contributed by atoms with Crippen LogP contribution < -0.4 is 0 Å². The Bertz CT molecular complexity index is 1090. The van der Waals surface area contributed by atoms with Gasteiger partial charge in [0.15, 0.2) is 5.82 Å². The molecule has 3 heterocycles. The molecule has 0 fully saturated rings. The second-order valence-corrected chi connectivity index (χ2v) is 7.48. The average molecular weight is 348 g/mol. The van der Waals surface area contributed by atoms with E-state index in [1.54, 1.807) is 16.1 Å². The van der Waals surface area contributed by atoms with Crippen molar-refractivity contribution in [3.8, 4) is 17.2 Å². The molecule has 0 bridgehead atoms. The predicted molar refractivity (Wildman–Crippen MR) is 97.1 cm³/mol. The van der Waals surface area contributed by atoms with E-state index in [1.807, 2.05) is 19.1 Å². The van der Waals surface area contributed by atoms with Gasteiger partial charge >= 0.3 is 0 Å². The monoisotopic (exact) mass is 348 g/mol. The molecule has 25 heavy (non-hydrogen) atoms. The van der Waals surface area contributed by atoms with Crippen molar-refractivity contribution < 1.29 is 0 Å². The average Bonchev–Trinajstić information content (AvgIpc) is 3.29. The highest BCUT2D eigenvalue weighted by molar-refractivity contribution is 7.19. The Morgan fingerprint density at radius 2 is 1.88 bits per heavy atom. The molecule has 0 saturated carbocycles. The van der Waals surface area contributed by atoms with Crippen LogP contribution in [0.1, 0.15) is 28.2 Å². The molecular formula is C18H16N6S. The maximum absolute atomic E-state index is 4.64. The summed E-state index contributed by atoms with van der Waals surface area (Å²) in [5, 5.41) is 14.2. The summed E-state index contributed by atoms with van der Waals surface area (Å²) in [5.74, 6) is 2.08. The van der Waals surface area contributed by atoms with Crippen LogP contribution in [0.5, 0.6) is 0 Å². The zero-order chi connectivity index (χ0) is 17.0. The topological polar surface area (TPSA) is 69.4 Å². The first kappa shape index (κ1) is 14.7. The fourth-order valence-electron chi connectivity index (χ4n) is 3.35. The van der Waals surface area contributed by atoms with Gasteiger partial charge in [-0.05, 0) is 43.9 Å². The highest BCUT2D eigenvalue weighted by Gasteiger charge is 2.23. The fraction of sp³-hybridized carbons (Fsp3) is 0.278. The summed E-state index contributed by atoms with van der Waals surface area (Å²) in [4.78, 5) is 13.3. The highest BCUT2D eigenvalue weighted by Crippen LogP contribution is 2.38. The van der Waals surface area contributed by atoms with Gasteiger partial charge in [0.25, 0.3) is 0 Å². The van der Waals surface area contributed by atoms with Crippen LogP contribution in [-0.4, -0.2) is 30.2 Å². The SMILES string of the molecule is Cc1ccc(-c2nnn(-c3nc(C)nc4sc5c(c34)CCC5)n2)cc1. The van der Waals surface area contributed by atoms with Gasteiger partial charge in [0.05, 0.1) is 5.39 Å². The Labute approximate surface area is 148 Å².